The molecule has 0 aromatic carbocycles. The van der Waals surface area contributed by atoms with Crippen molar-refractivity contribution in [3.8, 4) is 0 Å². The van der Waals surface area contributed by atoms with E-state index >= 15 is 0 Å². The lowest BCUT2D eigenvalue weighted by molar-refractivity contribution is -0.154. The summed E-state index contributed by atoms with van der Waals surface area (Å²) in [5.41, 5.74) is 0.456. The van der Waals surface area contributed by atoms with E-state index in [1.807, 2.05) is 0 Å². The monoisotopic (exact) mass is 198 g/mol. The molecule has 2 heterocycles. The molecule has 2 rings (SSSR count). The molecular formula is C11H22N2O. The van der Waals surface area contributed by atoms with E-state index in [4.69, 9.17) is 4.74 Å². The first-order valence-corrected chi connectivity index (χ1v) is 5.81. The van der Waals surface area contributed by atoms with E-state index in [-0.39, 0.29) is 0 Å². The summed E-state index contributed by atoms with van der Waals surface area (Å²) in [4.78, 5) is 2.61. The summed E-state index contributed by atoms with van der Waals surface area (Å²) in [5, 5.41) is 3.40. The topological polar surface area (TPSA) is 24.5 Å². The summed E-state index contributed by atoms with van der Waals surface area (Å²) >= 11 is 0. The fourth-order valence-corrected chi connectivity index (χ4v) is 2.56. The molecule has 1 N–H and O–H groups in total. The molecule has 0 aromatic heterocycles. The Labute approximate surface area is 86.8 Å². The smallest absolute Gasteiger partial charge is 0.0559 e. The Morgan fingerprint density at radius 2 is 2.00 bits per heavy atom. The van der Waals surface area contributed by atoms with Gasteiger partial charge in [0, 0.05) is 37.6 Å². The molecule has 0 spiro atoms. The lowest BCUT2D eigenvalue weighted by atomic mass is 9.76. The van der Waals surface area contributed by atoms with Crippen LogP contribution in [-0.2, 0) is 4.74 Å². The van der Waals surface area contributed by atoms with E-state index in [1.165, 1.54) is 19.5 Å². The quantitative estimate of drug-likeness (QED) is 0.723. The average molecular weight is 198 g/mol. The predicted molar refractivity (Wildman–Crippen MR) is 57.4 cm³/mol. The molecule has 2 aliphatic heterocycles. The third-order valence-corrected chi connectivity index (χ3v) is 4.07. The van der Waals surface area contributed by atoms with Crippen molar-refractivity contribution in [2.45, 2.75) is 26.3 Å². The molecule has 14 heavy (non-hydrogen) atoms. The Bertz CT molecular complexity index is 180. The van der Waals surface area contributed by atoms with Crippen LogP contribution in [0.25, 0.3) is 0 Å². The molecule has 3 heteroatoms. The van der Waals surface area contributed by atoms with Crippen LogP contribution in [-0.4, -0.2) is 50.3 Å². The highest BCUT2D eigenvalue weighted by Crippen LogP contribution is 2.37. The Hall–Kier alpha value is -0.120. The van der Waals surface area contributed by atoms with Gasteiger partial charge in [-0.1, -0.05) is 6.92 Å². The van der Waals surface area contributed by atoms with Gasteiger partial charge in [-0.3, -0.25) is 4.90 Å². The Morgan fingerprint density at radius 1 is 1.36 bits per heavy atom. The zero-order chi connectivity index (χ0) is 10.0. The van der Waals surface area contributed by atoms with Crippen molar-refractivity contribution in [3.05, 3.63) is 0 Å². The number of nitrogens with one attached hydrogen (secondary N) is 1. The standard InChI is InChI=1S/C11H22N2O/c1-3-11(8-14-9-11)10(2)13-6-4-12-5-7-13/h10,12H,3-9H2,1-2H3. The maximum atomic E-state index is 5.40. The fraction of sp³-hybridized carbons (Fsp3) is 1.00. The molecule has 0 bridgehead atoms. The van der Waals surface area contributed by atoms with Crippen LogP contribution in [0.4, 0.5) is 0 Å². The van der Waals surface area contributed by atoms with Gasteiger partial charge in [0.1, 0.15) is 0 Å². The Morgan fingerprint density at radius 3 is 2.43 bits per heavy atom. The maximum Gasteiger partial charge on any atom is 0.0559 e. The molecule has 0 radical (unpaired) electrons. The van der Waals surface area contributed by atoms with Crippen molar-refractivity contribution >= 4 is 0 Å². The minimum absolute atomic E-state index is 0.456. The molecule has 0 aromatic rings. The van der Waals surface area contributed by atoms with E-state index in [1.54, 1.807) is 0 Å². The molecule has 2 saturated heterocycles. The van der Waals surface area contributed by atoms with E-state index in [0.29, 0.717) is 11.5 Å². The number of piperazine rings is 1. The highest BCUT2D eigenvalue weighted by molar-refractivity contribution is 4.95. The van der Waals surface area contributed by atoms with Crippen LogP contribution in [0, 0.1) is 5.41 Å². The number of ether oxygens (including phenoxy) is 1. The first-order valence-electron chi connectivity index (χ1n) is 5.81. The van der Waals surface area contributed by atoms with E-state index in [9.17, 15) is 0 Å². The number of nitrogens with zero attached hydrogens (tertiary/aromatic N) is 1. The van der Waals surface area contributed by atoms with E-state index in [2.05, 4.69) is 24.1 Å². The molecular weight excluding hydrogens is 176 g/mol. The SMILES string of the molecule is CCC1(C(C)N2CCNCC2)COC1. The predicted octanol–water partition coefficient (Wildman–Crippen LogP) is 0.707. The lowest BCUT2D eigenvalue weighted by Crippen LogP contribution is -2.59. The van der Waals surface area contributed by atoms with Crippen molar-refractivity contribution in [3.63, 3.8) is 0 Å². The summed E-state index contributed by atoms with van der Waals surface area (Å²) in [5.74, 6) is 0. The summed E-state index contributed by atoms with van der Waals surface area (Å²) in [6, 6.07) is 0.684. The van der Waals surface area contributed by atoms with Gasteiger partial charge in [0.2, 0.25) is 0 Å². The molecule has 2 aliphatic rings. The number of hydrogen-bond acceptors (Lipinski definition) is 3. The number of hydrogen-bond donors (Lipinski definition) is 1. The van der Waals surface area contributed by atoms with E-state index in [0.717, 1.165) is 26.3 Å². The van der Waals surface area contributed by atoms with Gasteiger partial charge in [0.15, 0.2) is 0 Å². The second kappa shape index (κ2) is 4.17. The van der Waals surface area contributed by atoms with Crippen molar-refractivity contribution in [2.24, 2.45) is 5.41 Å². The van der Waals surface area contributed by atoms with Gasteiger partial charge in [0.25, 0.3) is 0 Å². The van der Waals surface area contributed by atoms with Gasteiger partial charge in [-0.05, 0) is 13.3 Å². The minimum Gasteiger partial charge on any atom is -0.380 e. The van der Waals surface area contributed by atoms with E-state index < -0.39 is 0 Å². The largest absolute Gasteiger partial charge is 0.380 e. The Balaban J connectivity index is 1.94. The molecule has 0 aliphatic carbocycles. The van der Waals surface area contributed by atoms with Crippen molar-refractivity contribution in [1.29, 1.82) is 0 Å². The third-order valence-electron chi connectivity index (χ3n) is 4.07. The zero-order valence-corrected chi connectivity index (χ0v) is 9.38. The molecule has 2 fully saturated rings. The fourth-order valence-electron chi connectivity index (χ4n) is 2.56. The maximum absolute atomic E-state index is 5.40. The normalized spacial score (nSPS) is 29.6. The van der Waals surface area contributed by atoms with Crippen molar-refractivity contribution in [1.82, 2.24) is 10.2 Å². The second-order valence-corrected chi connectivity index (χ2v) is 4.67. The molecule has 82 valence electrons. The molecule has 3 nitrogen and oxygen atoms in total. The highest BCUT2D eigenvalue weighted by atomic mass is 16.5. The lowest BCUT2D eigenvalue weighted by Gasteiger charge is -2.50. The highest BCUT2D eigenvalue weighted by Gasteiger charge is 2.44. The molecule has 1 unspecified atom stereocenters. The molecule has 0 saturated carbocycles. The first-order chi connectivity index (χ1) is 6.78. The van der Waals surface area contributed by atoms with Crippen LogP contribution in [0.3, 0.4) is 0 Å². The van der Waals surface area contributed by atoms with Crippen LogP contribution >= 0.6 is 0 Å². The van der Waals surface area contributed by atoms with Crippen LogP contribution < -0.4 is 5.32 Å². The summed E-state index contributed by atoms with van der Waals surface area (Å²) in [6.07, 6.45) is 1.25. The van der Waals surface area contributed by atoms with Gasteiger partial charge in [-0.15, -0.1) is 0 Å². The first kappa shape index (κ1) is 10.4. The van der Waals surface area contributed by atoms with Gasteiger partial charge in [0.05, 0.1) is 13.2 Å². The minimum atomic E-state index is 0.456. The average Bonchev–Trinajstić information content (AvgIpc) is 2.18. The van der Waals surface area contributed by atoms with Crippen molar-refractivity contribution < 1.29 is 4.74 Å². The third kappa shape index (κ3) is 1.69. The second-order valence-electron chi connectivity index (χ2n) is 4.67. The molecule has 0 amide bonds. The molecule has 1 atom stereocenters. The number of rotatable bonds is 3. The van der Waals surface area contributed by atoms with Gasteiger partial charge < -0.3 is 10.1 Å². The van der Waals surface area contributed by atoms with Crippen LogP contribution in [0.2, 0.25) is 0 Å². The summed E-state index contributed by atoms with van der Waals surface area (Å²) in [6.45, 7) is 11.3. The zero-order valence-electron chi connectivity index (χ0n) is 9.38. The Kier molecular flexibility index (Phi) is 3.10. The van der Waals surface area contributed by atoms with Crippen molar-refractivity contribution in [2.75, 3.05) is 39.4 Å². The van der Waals surface area contributed by atoms with Gasteiger partial charge >= 0.3 is 0 Å². The summed E-state index contributed by atoms with van der Waals surface area (Å²) < 4.78 is 5.40. The van der Waals surface area contributed by atoms with Crippen LogP contribution in [0.1, 0.15) is 20.3 Å². The summed E-state index contributed by atoms with van der Waals surface area (Å²) in [7, 11) is 0. The van der Waals surface area contributed by atoms with Gasteiger partial charge in [-0.25, -0.2) is 0 Å². The van der Waals surface area contributed by atoms with Crippen LogP contribution in [0.15, 0.2) is 0 Å². The van der Waals surface area contributed by atoms with Crippen LogP contribution in [0.5, 0.6) is 0 Å². The van der Waals surface area contributed by atoms with Gasteiger partial charge in [-0.2, -0.15) is 0 Å².